The van der Waals surface area contributed by atoms with E-state index in [2.05, 4.69) is 26.8 Å². The summed E-state index contributed by atoms with van der Waals surface area (Å²) in [4.78, 5) is 0. The van der Waals surface area contributed by atoms with E-state index in [9.17, 15) is 20.4 Å². The molecule has 6 heteroatoms. The quantitative estimate of drug-likeness (QED) is 0.413. The predicted molar refractivity (Wildman–Crippen MR) is 122 cm³/mol. The van der Waals surface area contributed by atoms with Gasteiger partial charge in [-0.2, -0.15) is 0 Å². The highest BCUT2D eigenvalue weighted by Gasteiger charge is 2.71. The summed E-state index contributed by atoms with van der Waals surface area (Å²) in [5.41, 5.74) is 1.12. The standard InChI is InChI=1S/C27H42O6/c1-13-12-32-27(24(31)23(13)30)14(2)22-20(33-27)11-19-17-6-5-15-9-16(28)10-21(29)26(15,4)18(17)7-8-25(19,22)3/h5,13-14,16-24,28-31H,6-12H2,1-4H3. The molecule has 0 bridgehead atoms. The third-order valence-electron chi connectivity index (χ3n) is 11.7. The van der Waals surface area contributed by atoms with Crippen molar-refractivity contribution < 1.29 is 29.9 Å². The maximum atomic E-state index is 11.1. The summed E-state index contributed by atoms with van der Waals surface area (Å²) in [5, 5.41) is 43.1. The molecule has 5 fully saturated rings. The normalized spacial score (nSPS) is 62.3. The van der Waals surface area contributed by atoms with Gasteiger partial charge < -0.3 is 29.9 Å². The van der Waals surface area contributed by atoms with Gasteiger partial charge in [0.05, 0.1) is 31.0 Å². The third-order valence-corrected chi connectivity index (χ3v) is 11.7. The van der Waals surface area contributed by atoms with Crippen molar-refractivity contribution in [3.05, 3.63) is 11.6 Å². The maximum absolute atomic E-state index is 11.1. The zero-order valence-corrected chi connectivity index (χ0v) is 20.5. The molecule has 2 aliphatic heterocycles. The van der Waals surface area contributed by atoms with Crippen LogP contribution in [0.3, 0.4) is 0 Å². The van der Waals surface area contributed by atoms with Gasteiger partial charge in [0, 0.05) is 23.7 Å². The molecule has 1 spiro atoms. The van der Waals surface area contributed by atoms with Gasteiger partial charge in [0.25, 0.3) is 0 Å². The van der Waals surface area contributed by atoms with Crippen LogP contribution in [0.4, 0.5) is 0 Å². The average Bonchev–Trinajstić information content (AvgIpc) is 3.22. The smallest absolute Gasteiger partial charge is 0.200 e. The van der Waals surface area contributed by atoms with Crippen molar-refractivity contribution in [3.8, 4) is 0 Å². The highest BCUT2D eigenvalue weighted by Crippen LogP contribution is 2.70. The van der Waals surface area contributed by atoms with Gasteiger partial charge in [0.1, 0.15) is 6.10 Å². The summed E-state index contributed by atoms with van der Waals surface area (Å²) in [7, 11) is 0. The summed E-state index contributed by atoms with van der Waals surface area (Å²) < 4.78 is 12.8. The average molecular weight is 463 g/mol. The number of aliphatic hydroxyl groups excluding tert-OH is 4. The Bertz CT molecular complexity index is 844. The Morgan fingerprint density at radius 2 is 1.79 bits per heavy atom. The van der Waals surface area contributed by atoms with E-state index in [1.165, 1.54) is 5.57 Å². The molecule has 33 heavy (non-hydrogen) atoms. The lowest BCUT2D eigenvalue weighted by Crippen LogP contribution is -2.62. The molecule has 6 nitrogen and oxygen atoms in total. The number of allylic oxidation sites excluding steroid dienone is 1. The lowest BCUT2D eigenvalue weighted by molar-refractivity contribution is -0.338. The minimum atomic E-state index is -1.10. The second-order valence-corrected chi connectivity index (χ2v) is 12.9. The number of fused-ring (bicyclic) bond motifs is 7. The van der Waals surface area contributed by atoms with Crippen molar-refractivity contribution in [2.24, 2.45) is 46.3 Å². The van der Waals surface area contributed by atoms with Gasteiger partial charge in [-0.25, -0.2) is 0 Å². The van der Waals surface area contributed by atoms with Crippen LogP contribution in [0.2, 0.25) is 0 Å². The molecule has 14 atom stereocenters. The van der Waals surface area contributed by atoms with Crippen LogP contribution < -0.4 is 0 Å². The van der Waals surface area contributed by atoms with Crippen LogP contribution in [0.25, 0.3) is 0 Å². The van der Waals surface area contributed by atoms with E-state index in [0.29, 0.717) is 37.2 Å². The number of aliphatic hydroxyl groups is 4. The molecule has 0 amide bonds. The van der Waals surface area contributed by atoms with Crippen molar-refractivity contribution >= 4 is 0 Å². The van der Waals surface area contributed by atoms with Gasteiger partial charge in [-0.05, 0) is 61.2 Å². The van der Waals surface area contributed by atoms with Gasteiger partial charge >= 0.3 is 0 Å². The number of hydrogen-bond donors (Lipinski definition) is 4. The second kappa shape index (κ2) is 7.27. The van der Waals surface area contributed by atoms with Crippen LogP contribution in [-0.2, 0) is 9.47 Å². The molecule has 2 saturated heterocycles. The van der Waals surface area contributed by atoms with E-state index >= 15 is 0 Å². The first-order chi connectivity index (χ1) is 15.5. The summed E-state index contributed by atoms with van der Waals surface area (Å²) in [5.74, 6) is 0.520. The first-order valence-corrected chi connectivity index (χ1v) is 13.3. The summed E-state index contributed by atoms with van der Waals surface area (Å²) >= 11 is 0. The molecule has 14 unspecified atom stereocenters. The van der Waals surface area contributed by atoms with Crippen LogP contribution in [0.1, 0.15) is 66.2 Å². The predicted octanol–water partition coefficient (Wildman–Crippen LogP) is 2.63. The lowest BCUT2D eigenvalue weighted by atomic mass is 9.46. The van der Waals surface area contributed by atoms with Gasteiger partial charge in [-0.3, -0.25) is 0 Å². The molecule has 4 N–H and O–H groups in total. The fourth-order valence-corrected chi connectivity index (χ4v) is 9.84. The Morgan fingerprint density at radius 1 is 1.03 bits per heavy atom. The van der Waals surface area contributed by atoms with E-state index < -0.39 is 30.2 Å². The molecule has 4 aliphatic carbocycles. The Kier molecular flexibility index (Phi) is 5.05. The first-order valence-electron chi connectivity index (χ1n) is 13.3. The van der Waals surface area contributed by atoms with Gasteiger partial charge in [0.15, 0.2) is 5.79 Å². The molecule has 6 aliphatic rings. The van der Waals surface area contributed by atoms with Crippen molar-refractivity contribution in [1.82, 2.24) is 0 Å². The van der Waals surface area contributed by atoms with Crippen LogP contribution in [0, 0.1) is 46.3 Å². The molecule has 186 valence electrons. The highest BCUT2D eigenvalue weighted by molar-refractivity contribution is 5.28. The van der Waals surface area contributed by atoms with Crippen molar-refractivity contribution in [2.75, 3.05) is 6.61 Å². The largest absolute Gasteiger partial charge is 0.393 e. The highest BCUT2D eigenvalue weighted by atomic mass is 16.7. The van der Waals surface area contributed by atoms with E-state index in [-0.39, 0.29) is 34.7 Å². The molecule has 3 saturated carbocycles. The van der Waals surface area contributed by atoms with Crippen molar-refractivity contribution in [3.63, 3.8) is 0 Å². The SMILES string of the molecule is CC1COC2(OC3CC4C5CC=C6CC(O)CC(O)C6(C)C5CCC4(C)C3C2C)C(O)C1O. The van der Waals surface area contributed by atoms with Gasteiger partial charge in [-0.1, -0.05) is 39.3 Å². The molecule has 0 aromatic rings. The zero-order chi connectivity index (χ0) is 23.5. The zero-order valence-electron chi connectivity index (χ0n) is 20.5. The molecule has 6 rings (SSSR count). The molecular weight excluding hydrogens is 420 g/mol. The van der Waals surface area contributed by atoms with E-state index in [1.54, 1.807) is 0 Å². The van der Waals surface area contributed by atoms with Crippen LogP contribution in [0.5, 0.6) is 0 Å². The summed E-state index contributed by atoms with van der Waals surface area (Å²) in [6.45, 7) is 9.14. The number of hydrogen-bond acceptors (Lipinski definition) is 6. The van der Waals surface area contributed by atoms with Gasteiger partial charge in [-0.15, -0.1) is 0 Å². The maximum Gasteiger partial charge on any atom is 0.200 e. The monoisotopic (exact) mass is 462 g/mol. The van der Waals surface area contributed by atoms with Crippen LogP contribution in [0.15, 0.2) is 11.6 Å². The fraction of sp³-hybridized carbons (Fsp3) is 0.926. The third kappa shape index (κ3) is 2.77. The van der Waals surface area contributed by atoms with E-state index in [0.717, 1.165) is 25.7 Å². The molecule has 0 aromatic carbocycles. The summed E-state index contributed by atoms with van der Waals surface area (Å²) in [6.07, 6.45) is 4.89. The molecule has 2 heterocycles. The molecular formula is C27H42O6. The molecule has 0 aromatic heterocycles. The van der Waals surface area contributed by atoms with Crippen molar-refractivity contribution in [2.45, 2.75) is 103 Å². The minimum Gasteiger partial charge on any atom is -0.393 e. The summed E-state index contributed by atoms with van der Waals surface area (Å²) in [6, 6.07) is 0. The second-order valence-electron chi connectivity index (χ2n) is 12.9. The lowest BCUT2D eigenvalue weighted by Gasteiger charge is -2.59. The topological polar surface area (TPSA) is 99.4 Å². The Balaban J connectivity index is 1.31. The minimum absolute atomic E-state index is 0.00639. The van der Waals surface area contributed by atoms with Crippen LogP contribution >= 0.6 is 0 Å². The Morgan fingerprint density at radius 3 is 2.55 bits per heavy atom. The Labute approximate surface area is 197 Å². The van der Waals surface area contributed by atoms with E-state index in [1.807, 2.05) is 6.92 Å². The fourth-order valence-electron chi connectivity index (χ4n) is 9.84. The number of rotatable bonds is 0. The van der Waals surface area contributed by atoms with E-state index in [4.69, 9.17) is 9.47 Å². The van der Waals surface area contributed by atoms with Crippen LogP contribution in [-0.4, -0.2) is 63.3 Å². The molecule has 0 radical (unpaired) electrons. The van der Waals surface area contributed by atoms with Gasteiger partial charge in [0.2, 0.25) is 0 Å². The number of ether oxygens (including phenoxy) is 2. The Hall–Kier alpha value is -0.500. The van der Waals surface area contributed by atoms with Crippen molar-refractivity contribution in [1.29, 1.82) is 0 Å². The first kappa shape index (κ1) is 22.9.